The lowest BCUT2D eigenvalue weighted by molar-refractivity contribution is -0.137. The van der Waals surface area contributed by atoms with Gasteiger partial charge >= 0.3 is 6.18 Å². The number of alkyl halides is 3. The normalized spacial score (nSPS) is 19.0. The molecule has 0 saturated carbocycles. The quantitative estimate of drug-likeness (QED) is 0.854. The van der Waals surface area contributed by atoms with Crippen LogP contribution >= 0.6 is 11.8 Å². The lowest BCUT2D eigenvalue weighted by Crippen LogP contribution is -2.12. The number of anilines is 1. The Labute approximate surface area is 127 Å². The molecule has 0 aliphatic carbocycles. The Balaban J connectivity index is 2.07. The molecule has 1 atom stereocenters. The van der Waals surface area contributed by atoms with Crippen LogP contribution in [0.25, 0.3) is 0 Å². The zero-order chi connectivity index (χ0) is 15.6. The van der Waals surface area contributed by atoms with Crippen LogP contribution in [0.2, 0.25) is 0 Å². The summed E-state index contributed by atoms with van der Waals surface area (Å²) < 4.78 is 38.3. The fourth-order valence-electron chi connectivity index (χ4n) is 2.18. The summed E-state index contributed by atoms with van der Waals surface area (Å²) >= 11 is 1.61. The van der Waals surface area contributed by atoms with Gasteiger partial charge in [0.15, 0.2) is 5.17 Å². The number of rotatable bonds is 3. The van der Waals surface area contributed by atoms with Gasteiger partial charge in [-0.3, -0.25) is 4.99 Å². The molecule has 0 spiro atoms. The fourth-order valence-corrected chi connectivity index (χ4v) is 3.45. The standard InChI is InChI=1S/C15H19F3N2S/c1-9(2)6-12-8-19-14(21-12)20-13-7-11(15(16,17)18)5-4-10(13)3/h4-5,7,9,12H,6,8H2,1-3H3,(H,19,20). The van der Waals surface area contributed by atoms with Crippen LogP contribution in [-0.2, 0) is 6.18 Å². The van der Waals surface area contributed by atoms with Gasteiger partial charge in [-0.25, -0.2) is 0 Å². The Kier molecular flexibility index (Phi) is 4.86. The van der Waals surface area contributed by atoms with Crippen molar-refractivity contribution < 1.29 is 13.2 Å². The van der Waals surface area contributed by atoms with Crippen molar-refractivity contribution in [1.29, 1.82) is 0 Å². The van der Waals surface area contributed by atoms with E-state index in [2.05, 4.69) is 24.2 Å². The molecule has 1 aliphatic heterocycles. The number of aryl methyl sites for hydroxylation is 1. The highest BCUT2D eigenvalue weighted by Crippen LogP contribution is 2.33. The average molecular weight is 316 g/mol. The zero-order valence-electron chi connectivity index (χ0n) is 12.3. The van der Waals surface area contributed by atoms with Gasteiger partial charge in [0, 0.05) is 10.9 Å². The third-order valence-corrected chi connectivity index (χ3v) is 4.39. The minimum absolute atomic E-state index is 0.415. The van der Waals surface area contributed by atoms with Crippen molar-refractivity contribution in [3.05, 3.63) is 29.3 Å². The van der Waals surface area contributed by atoms with Crippen molar-refractivity contribution in [3.63, 3.8) is 0 Å². The van der Waals surface area contributed by atoms with E-state index in [1.807, 2.05) is 0 Å². The lowest BCUT2D eigenvalue weighted by atomic mass is 10.1. The summed E-state index contributed by atoms with van der Waals surface area (Å²) in [6, 6.07) is 3.73. The fraction of sp³-hybridized carbons (Fsp3) is 0.533. The molecule has 0 fully saturated rings. The number of benzene rings is 1. The number of halogens is 3. The zero-order valence-corrected chi connectivity index (χ0v) is 13.1. The molecule has 2 rings (SSSR count). The molecule has 1 aromatic carbocycles. The van der Waals surface area contributed by atoms with Crippen molar-refractivity contribution in [2.75, 3.05) is 11.9 Å². The number of nitrogens with zero attached hydrogens (tertiary/aromatic N) is 1. The molecular formula is C15H19F3N2S. The first-order valence-electron chi connectivity index (χ1n) is 6.91. The molecule has 116 valence electrons. The third kappa shape index (κ3) is 4.40. The van der Waals surface area contributed by atoms with E-state index in [0.29, 0.717) is 22.0 Å². The van der Waals surface area contributed by atoms with Crippen LogP contribution in [-0.4, -0.2) is 17.0 Å². The maximum atomic E-state index is 12.8. The molecule has 0 bridgehead atoms. The van der Waals surface area contributed by atoms with Crippen molar-refractivity contribution in [3.8, 4) is 0 Å². The van der Waals surface area contributed by atoms with Crippen LogP contribution in [0.4, 0.5) is 18.9 Å². The van der Waals surface area contributed by atoms with Gasteiger partial charge < -0.3 is 5.32 Å². The van der Waals surface area contributed by atoms with Gasteiger partial charge in [0.25, 0.3) is 0 Å². The summed E-state index contributed by atoms with van der Waals surface area (Å²) in [5, 5.41) is 4.16. The third-order valence-electron chi connectivity index (χ3n) is 3.26. The van der Waals surface area contributed by atoms with Crippen molar-refractivity contribution in [2.24, 2.45) is 10.9 Å². The second-order valence-corrected chi connectivity index (χ2v) is 6.96. The largest absolute Gasteiger partial charge is 0.416 e. The molecule has 1 aromatic rings. The minimum Gasteiger partial charge on any atom is -0.335 e. The molecule has 21 heavy (non-hydrogen) atoms. The summed E-state index contributed by atoms with van der Waals surface area (Å²) in [5.41, 5.74) is 0.609. The van der Waals surface area contributed by atoms with Crippen LogP contribution in [0.5, 0.6) is 0 Å². The van der Waals surface area contributed by atoms with Crippen LogP contribution in [0.3, 0.4) is 0 Å². The second kappa shape index (κ2) is 6.30. The molecule has 0 saturated heterocycles. The van der Waals surface area contributed by atoms with Crippen molar-refractivity contribution >= 4 is 22.6 Å². The highest BCUT2D eigenvalue weighted by Gasteiger charge is 2.31. The van der Waals surface area contributed by atoms with Gasteiger partial charge in [0.1, 0.15) is 0 Å². The topological polar surface area (TPSA) is 24.4 Å². The van der Waals surface area contributed by atoms with Gasteiger partial charge in [-0.05, 0) is 37.0 Å². The van der Waals surface area contributed by atoms with Crippen LogP contribution < -0.4 is 5.32 Å². The van der Waals surface area contributed by atoms with Crippen molar-refractivity contribution in [2.45, 2.75) is 38.6 Å². The summed E-state index contributed by atoms with van der Waals surface area (Å²) in [6.07, 6.45) is -3.27. The molecular weight excluding hydrogens is 297 g/mol. The smallest absolute Gasteiger partial charge is 0.335 e. The van der Waals surface area contributed by atoms with Gasteiger partial charge in [-0.2, -0.15) is 13.2 Å². The van der Waals surface area contributed by atoms with E-state index in [1.54, 1.807) is 18.7 Å². The van der Waals surface area contributed by atoms with E-state index in [4.69, 9.17) is 0 Å². The molecule has 0 radical (unpaired) electrons. The SMILES string of the molecule is Cc1ccc(C(F)(F)F)cc1NC1=NCC(CC(C)C)S1. The van der Waals surface area contributed by atoms with Gasteiger partial charge in [0.2, 0.25) is 0 Å². The van der Waals surface area contributed by atoms with E-state index in [1.165, 1.54) is 6.07 Å². The number of nitrogens with one attached hydrogen (secondary N) is 1. The van der Waals surface area contributed by atoms with E-state index in [9.17, 15) is 13.2 Å². The average Bonchev–Trinajstić information content (AvgIpc) is 2.77. The Hall–Kier alpha value is -1.17. The summed E-state index contributed by atoms with van der Waals surface area (Å²) in [6.45, 7) is 6.82. The summed E-state index contributed by atoms with van der Waals surface area (Å²) in [5.74, 6) is 0.590. The van der Waals surface area contributed by atoms with Gasteiger partial charge in [0.05, 0.1) is 12.1 Å². The number of amidine groups is 1. The molecule has 1 aliphatic rings. The number of thioether (sulfide) groups is 1. The first kappa shape index (κ1) is 16.2. The molecule has 2 nitrogen and oxygen atoms in total. The van der Waals surface area contributed by atoms with Gasteiger partial charge in [-0.15, -0.1) is 0 Å². The number of hydrogen-bond donors (Lipinski definition) is 1. The lowest BCUT2D eigenvalue weighted by Gasteiger charge is -2.14. The van der Waals surface area contributed by atoms with Crippen LogP contribution in [0.1, 0.15) is 31.4 Å². The first-order valence-corrected chi connectivity index (χ1v) is 7.79. The van der Waals surface area contributed by atoms with E-state index in [-0.39, 0.29) is 0 Å². The van der Waals surface area contributed by atoms with Crippen LogP contribution in [0, 0.1) is 12.8 Å². The maximum absolute atomic E-state index is 12.8. The van der Waals surface area contributed by atoms with E-state index in [0.717, 1.165) is 30.7 Å². The molecule has 1 unspecified atom stereocenters. The predicted octanol–water partition coefficient (Wildman–Crippen LogP) is 4.94. The monoisotopic (exact) mass is 316 g/mol. The van der Waals surface area contributed by atoms with E-state index < -0.39 is 11.7 Å². The van der Waals surface area contributed by atoms with Gasteiger partial charge in [-0.1, -0.05) is 31.7 Å². The Morgan fingerprint density at radius 1 is 1.38 bits per heavy atom. The Morgan fingerprint density at radius 2 is 2.10 bits per heavy atom. The second-order valence-electron chi connectivity index (χ2n) is 5.67. The summed E-state index contributed by atoms with van der Waals surface area (Å²) in [7, 11) is 0. The highest BCUT2D eigenvalue weighted by atomic mass is 32.2. The Bertz CT molecular complexity index is 538. The molecule has 0 aromatic heterocycles. The summed E-state index contributed by atoms with van der Waals surface area (Å²) in [4.78, 5) is 4.39. The van der Waals surface area contributed by atoms with Crippen molar-refractivity contribution in [1.82, 2.24) is 0 Å². The number of hydrogen-bond acceptors (Lipinski definition) is 3. The number of aliphatic imine (C=N–C) groups is 1. The van der Waals surface area contributed by atoms with E-state index >= 15 is 0 Å². The molecule has 0 amide bonds. The predicted molar refractivity (Wildman–Crippen MR) is 82.9 cm³/mol. The molecule has 1 heterocycles. The maximum Gasteiger partial charge on any atom is 0.416 e. The molecule has 6 heteroatoms. The van der Waals surface area contributed by atoms with Crippen LogP contribution in [0.15, 0.2) is 23.2 Å². The Morgan fingerprint density at radius 3 is 2.71 bits per heavy atom. The molecule has 1 N–H and O–H groups in total. The highest BCUT2D eigenvalue weighted by molar-refractivity contribution is 8.15. The minimum atomic E-state index is -4.32. The first-order chi connectivity index (χ1) is 9.75.